The highest BCUT2D eigenvalue weighted by atomic mass is 16.4. The Kier molecular flexibility index (Phi) is 3.58. The van der Waals surface area contributed by atoms with E-state index < -0.39 is 12.4 Å². The van der Waals surface area contributed by atoms with Gasteiger partial charge in [0.1, 0.15) is 12.2 Å². The van der Waals surface area contributed by atoms with Gasteiger partial charge in [0.05, 0.1) is 11.6 Å². The highest BCUT2D eigenvalue weighted by molar-refractivity contribution is 5.95. The number of carboxylic acid groups (broad SMARTS) is 1. The molecule has 0 saturated carbocycles. The molecule has 0 atom stereocenters. The minimum atomic E-state index is -1.12. The van der Waals surface area contributed by atoms with Gasteiger partial charge in [-0.05, 0) is 17.7 Å². The molecule has 0 spiro atoms. The summed E-state index contributed by atoms with van der Waals surface area (Å²) in [5, 5.41) is 16.9. The standard InChI is InChI=1S/C11H9NO3/c12-7-9-3-1-8(2-4-9)5-10(13)6-11(14)15/h1-4H,5-6H2,(H,14,15). The van der Waals surface area contributed by atoms with Crippen LogP contribution in [0.5, 0.6) is 0 Å². The maximum absolute atomic E-state index is 11.1. The van der Waals surface area contributed by atoms with Gasteiger partial charge in [-0.2, -0.15) is 5.26 Å². The van der Waals surface area contributed by atoms with Crippen LogP contribution in [0.4, 0.5) is 0 Å². The summed E-state index contributed by atoms with van der Waals surface area (Å²) in [6.45, 7) is 0. The molecule has 76 valence electrons. The molecule has 1 rings (SSSR count). The van der Waals surface area contributed by atoms with E-state index in [4.69, 9.17) is 10.4 Å². The van der Waals surface area contributed by atoms with Gasteiger partial charge in [-0.25, -0.2) is 0 Å². The van der Waals surface area contributed by atoms with E-state index in [9.17, 15) is 9.59 Å². The summed E-state index contributed by atoms with van der Waals surface area (Å²) in [6.07, 6.45) is -0.363. The van der Waals surface area contributed by atoms with Gasteiger partial charge in [-0.15, -0.1) is 0 Å². The fourth-order valence-electron chi connectivity index (χ4n) is 1.16. The summed E-state index contributed by atoms with van der Waals surface area (Å²) in [4.78, 5) is 21.4. The van der Waals surface area contributed by atoms with E-state index in [1.807, 2.05) is 6.07 Å². The molecule has 1 aromatic carbocycles. The lowest BCUT2D eigenvalue weighted by Crippen LogP contribution is -2.09. The minimum absolute atomic E-state index is 0.0952. The third kappa shape index (κ3) is 3.61. The molecule has 1 N–H and O–H groups in total. The lowest BCUT2D eigenvalue weighted by molar-refractivity contribution is -0.140. The van der Waals surface area contributed by atoms with Crippen molar-refractivity contribution in [3.05, 3.63) is 35.4 Å². The molecule has 0 aliphatic carbocycles. The van der Waals surface area contributed by atoms with E-state index in [0.29, 0.717) is 5.56 Å². The molecule has 15 heavy (non-hydrogen) atoms. The van der Waals surface area contributed by atoms with Crippen LogP contribution in [0.25, 0.3) is 0 Å². The fraction of sp³-hybridized carbons (Fsp3) is 0.182. The Labute approximate surface area is 86.8 Å². The number of Topliss-reactive ketones (excluding diaryl/α,β-unsaturated/α-hetero) is 1. The molecule has 0 aliphatic heterocycles. The number of hydrogen-bond donors (Lipinski definition) is 1. The van der Waals surface area contributed by atoms with Crippen LogP contribution in [0.15, 0.2) is 24.3 Å². The number of carboxylic acids is 1. The second-order valence-corrected chi connectivity index (χ2v) is 3.09. The quantitative estimate of drug-likeness (QED) is 0.744. The van der Waals surface area contributed by atoms with Crippen molar-refractivity contribution in [2.75, 3.05) is 0 Å². The molecule has 0 saturated heterocycles. The highest BCUT2D eigenvalue weighted by Crippen LogP contribution is 2.05. The number of nitrogens with zero attached hydrogens (tertiary/aromatic N) is 1. The van der Waals surface area contributed by atoms with E-state index in [1.165, 1.54) is 0 Å². The summed E-state index contributed by atoms with van der Waals surface area (Å²) in [7, 11) is 0. The first kappa shape index (κ1) is 10.9. The van der Waals surface area contributed by atoms with Crippen molar-refractivity contribution in [1.82, 2.24) is 0 Å². The number of carbonyl (C=O) groups is 2. The first-order valence-electron chi connectivity index (χ1n) is 4.34. The predicted octanol–water partition coefficient (Wildman–Crippen LogP) is 1.14. The lowest BCUT2D eigenvalue weighted by atomic mass is 10.1. The number of rotatable bonds is 4. The van der Waals surface area contributed by atoms with Crippen LogP contribution < -0.4 is 0 Å². The second-order valence-electron chi connectivity index (χ2n) is 3.09. The number of ketones is 1. The zero-order valence-corrected chi connectivity index (χ0v) is 7.93. The summed E-state index contributed by atoms with van der Waals surface area (Å²) in [5.74, 6) is -1.46. The number of nitriles is 1. The van der Waals surface area contributed by atoms with Crippen molar-refractivity contribution in [1.29, 1.82) is 5.26 Å². The predicted molar refractivity (Wildman–Crippen MR) is 52.1 cm³/mol. The van der Waals surface area contributed by atoms with E-state index in [2.05, 4.69) is 0 Å². The Hall–Kier alpha value is -2.15. The van der Waals surface area contributed by atoms with E-state index in [1.54, 1.807) is 24.3 Å². The van der Waals surface area contributed by atoms with Crippen LogP contribution in [-0.4, -0.2) is 16.9 Å². The monoisotopic (exact) mass is 203 g/mol. The molecule has 0 heterocycles. The molecule has 0 aliphatic rings. The average molecular weight is 203 g/mol. The van der Waals surface area contributed by atoms with Crippen LogP contribution in [0.2, 0.25) is 0 Å². The number of aliphatic carboxylic acids is 1. The molecule has 0 aromatic heterocycles. The van der Waals surface area contributed by atoms with Gasteiger partial charge in [0.2, 0.25) is 0 Å². The number of benzene rings is 1. The van der Waals surface area contributed by atoms with E-state index >= 15 is 0 Å². The van der Waals surface area contributed by atoms with Gasteiger partial charge in [-0.3, -0.25) is 9.59 Å². The van der Waals surface area contributed by atoms with Crippen molar-refractivity contribution in [3.8, 4) is 6.07 Å². The van der Waals surface area contributed by atoms with Crippen molar-refractivity contribution < 1.29 is 14.7 Å². The van der Waals surface area contributed by atoms with Crippen molar-refractivity contribution in [3.63, 3.8) is 0 Å². The molecule has 4 nitrogen and oxygen atoms in total. The van der Waals surface area contributed by atoms with Crippen molar-refractivity contribution in [2.45, 2.75) is 12.8 Å². The summed E-state index contributed by atoms with van der Waals surface area (Å²) >= 11 is 0. The van der Waals surface area contributed by atoms with Gasteiger partial charge in [0.25, 0.3) is 0 Å². The molecule has 0 amide bonds. The number of hydrogen-bond acceptors (Lipinski definition) is 3. The summed E-state index contributed by atoms with van der Waals surface area (Å²) < 4.78 is 0. The Bertz CT molecular complexity index is 414. The maximum Gasteiger partial charge on any atom is 0.310 e. The zero-order valence-electron chi connectivity index (χ0n) is 7.93. The first-order chi connectivity index (χ1) is 7.11. The number of carbonyl (C=O) groups excluding carboxylic acids is 1. The van der Waals surface area contributed by atoms with Gasteiger partial charge >= 0.3 is 5.97 Å². The fourth-order valence-corrected chi connectivity index (χ4v) is 1.16. The van der Waals surface area contributed by atoms with Crippen molar-refractivity contribution >= 4 is 11.8 Å². The maximum atomic E-state index is 11.1. The highest BCUT2D eigenvalue weighted by Gasteiger charge is 2.08. The first-order valence-corrected chi connectivity index (χ1v) is 4.34. The van der Waals surface area contributed by atoms with Crippen LogP contribution in [0, 0.1) is 11.3 Å². The van der Waals surface area contributed by atoms with Crippen molar-refractivity contribution in [2.24, 2.45) is 0 Å². The summed E-state index contributed by atoms with van der Waals surface area (Å²) in [6, 6.07) is 8.46. The van der Waals surface area contributed by atoms with Crippen LogP contribution in [0.1, 0.15) is 17.5 Å². The van der Waals surface area contributed by atoms with Gasteiger partial charge in [-0.1, -0.05) is 12.1 Å². The van der Waals surface area contributed by atoms with Gasteiger partial charge in [0.15, 0.2) is 0 Å². The van der Waals surface area contributed by atoms with E-state index in [-0.39, 0.29) is 12.2 Å². The largest absolute Gasteiger partial charge is 0.481 e. The molecule has 0 fully saturated rings. The molecular formula is C11H9NO3. The Morgan fingerprint density at radius 2 is 1.87 bits per heavy atom. The van der Waals surface area contributed by atoms with Gasteiger partial charge < -0.3 is 5.11 Å². The van der Waals surface area contributed by atoms with Crippen LogP contribution >= 0.6 is 0 Å². The Morgan fingerprint density at radius 3 is 2.33 bits per heavy atom. The van der Waals surface area contributed by atoms with Crippen LogP contribution in [-0.2, 0) is 16.0 Å². The SMILES string of the molecule is N#Cc1ccc(CC(=O)CC(=O)O)cc1. The topological polar surface area (TPSA) is 78.2 Å². The Morgan fingerprint density at radius 1 is 1.27 bits per heavy atom. The molecule has 1 aromatic rings. The second kappa shape index (κ2) is 4.91. The smallest absolute Gasteiger partial charge is 0.310 e. The van der Waals surface area contributed by atoms with Crippen LogP contribution in [0.3, 0.4) is 0 Å². The minimum Gasteiger partial charge on any atom is -0.481 e. The molecular weight excluding hydrogens is 194 g/mol. The normalized spacial score (nSPS) is 9.27. The lowest BCUT2D eigenvalue weighted by Gasteiger charge is -1.98. The molecule has 0 unspecified atom stereocenters. The van der Waals surface area contributed by atoms with Gasteiger partial charge in [0, 0.05) is 6.42 Å². The zero-order chi connectivity index (χ0) is 11.3. The molecule has 4 heteroatoms. The third-order valence-corrected chi connectivity index (χ3v) is 1.83. The average Bonchev–Trinajstić information content (AvgIpc) is 2.17. The molecule has 0 radical (unpaired) electrons. The Balaban J connectivity index is 2.62. The molecule has 0 bridgehead atoms. The van der Waals surface area contributed by atoms with E-state index in [0.717, 1.165) is 5.56 Å². The third-order valence-electron chi connectivity index (χ3n) is 1.83. The summed E-state index contributed by atoms with van der Waals surface area (Å²) in [5.41, 5.74) is 1.24.